The summed E-state index contributed by atoms with van der Waals surface area (Å²) in [6.07, 6.45) is 3.44. The molecule has 1 N–H and O–H groups in total. The fourth-order valence-corrected chi connectivity index (χ4v) is 4.40. The monoisotopic (exact) mass is 370 g/mol. The molecule has 1 aromatic heterocycles. The first kappa shape index (κ1) is 16.8. The molecule has 3 aliphatic rings. The number of hydrogen-bond donors (Lipinski definition) is 1. The summed E-state index contributed by atoms with van der Waals surface area (Å²) >= 11 is 1.62. The Bertz CT molecular complexity index is 674. The lowest BCUT2D eigenvalue weighted by Crippen LogP contribution is -2.53. The topological polar surface area (TPSA) is 66.8 Å². The molecule has 1 spiro atoms. The second kappa shape index (κ2) is 6.28. The SMILES string of the molecule is O=C(NC1CC(F)(F)C1)C1=NOC2(CCCN(Cc3nccs3)C2)C1. The van der Waals surface area contributed by atoms with E-state index in [2.05, 4.69) is 20.4 Å². The molecule has 3 heterocycles. The third kappa shape index (κ3) is 3.67. The van der Waals surface area contributed by atoms with Crippen LogP contribution in [0.4, 0.5) is 8.78 Å². The van der Waals surface area contributed by atoms with Gasteiger partial charge in [0.15, 0.2) is 5.60 Å². The summed E-state index contributed by atoms with van der Waals surface area (Å²) in [5, 5.41) is 9.61. The number of carbonyl (C=O) groups is 1. The van der Waals surface area contributed by atoms with Crippen LogP contribution in [0.2, 0.25) is 0 Å². The van der Waals surface area contributed by atoms with Crippen molar-refractivity contribution < 1.29 is 18.4 Å². The fraction of sp³-hybridized carbons (Fsp3) is 0.688. The molecule has 2 aliphatic heterocycles. The summed E-state index contributed by atoms with van der Waals surface area (Å²) in [7, 11) is 0. The fourth-order valence-electron chi connectivity index (χ4n) is 3.74. The molecule has 9 heteroatoms. The van der Waals surface area contributed by atoms with Crippen LogP contribution in [-0.4, -0.2) is 52.2 Å². The number of likely N-dealkylation sites (tertiary alicyclic amines) is 1. The zero-order valence-corrected chi connectivity index (χ0v) is 14.5. The molecule has 1 saturated carbocycles. The molecule has 0 bridgehead atoms. The molecule has 1 aromatic rings. The van der Waals surface area contributed by atoms with Gasteiger partial charge in [-0.1, -0.05) is 5.16 Å². The van der Waals surface area contributed by atoms with E-state index in [0.717, 1.165) is 30.9 Å². The predicted octanol–water partition coefficient (Wildman–Crippen LogP) is 2.17. The van der Waals surface area contributed by atoms with Crippen molar-refractivity contribution >= 4 is 23.0 Å². The van der Waals surface area contributed by atoms with E-state index in [9.17, 15) is 13.6 Å². The summed E-state index contributed by atoms with van der Waals surface area (Å²) in [4.78, 5) is 24.5. The lowest BCUT2D eigenvalue weighted by molar-refractivity contribution is -0.123. The van der Waals surface area contributed by atoms with Crippen molar-refractivity contribution in [3.05, 3.63) is 16.6 Å². The van der Waals surface area contributed by atoms with Gasteiger partial charge in [0.25, 0.3) is 11.8 Å². The van der Waals surface area contributed by atoms with Gasteiger partial charge in [0, 0.05) is 43.4 Å². The quantitative estimate of drug-likeness (QED) is 0.882. The van der Waals surface area contributed by atoms with Gasteiger partial charge in [-0.15, -0.1) is 11.3 Å². The minimum Gasteiger partial charge on any atom is -0.387 e. The largest absolute Gasteiger partial charge is 0.387 e. The Kier molecular flexibility index (Phi) is 4.23. The van der Waals surface area contributed by atoms with Crippen LogP contribution in [0.25, 0.3) is 0 Å². The average molecular weight is 370 g/mol. The van der Waals surface area contributed by atoms with Crippen molar-refractivity contribution in [2.75, 3.05) is 13.1 Å². The predicted molar refractivity (Wildman–Crippen MR) is 88.6 cm³/mol. The van der Waals surface area contributed by atoms with E-state index in [-0.39, 0.29) is 18.7 Å². The highest BCUT2D eigenvalue weighted by Gasteiger charge is 2.48. The normalized spacial score (nSPS) is 29.1. The number of aromatic nitrogens is 1. The highest BCUT2D eigenvalue weighted by molar-refractivity contribution is 7.09. The van der Waals surface area contributed by atoms with E-state index in [4.69, 9.17) is 4.84 Å². The molecular formula is C16H20F2N4O2S. The lowest BCUT2D eigenvalue weighted by Gasteiger charge is -2.38. The van der Waals surface area contributed by atoms with E-state index >= 15 is 0 Å². The third-order valence-electron chi connectivity index (χ3n) is 4.99. The number of halogens is 2. The van der Waals surface area contributed by atoms with Crippen LogP contribution in [0.3, 0.4) is 0 Å². The standard InChI is InChI=1S/C16H20F2N4O2S/c17-16(18)6-11(7-16)20-14(23)12-8-15(24-21-12)2-1-4-22(10-15)9-13-19-3-5-25-13/h3,5,11H,1-2,4,6-10H2,(H,20,23). The van der Waals surface area contributed by atoms with Gasteiger partial charge >= 0.3 is 0 Å². The zero-order chi connectivity index (χ0) is 17.5. The van der Waals surface area contributed by atoms with Crippen molar-refractivity contribution in [2.45, 2.75) is 56.2 Å². The van der Waals surface area contributed by atoms with Crippen molar-refractivity contribution in [2.24, 2.45) is 5.16 Å². The van der Waals surface area contributed by atoms with Crippen LogP contribution >= 0.6 is 11.3 Å². The molecule has 25 heavy (non-hydrogen) atoms. The summed E-state index contributed by atoms with van der Waals surface area (Å²) in [5.74, 6) is -3.03. The number of alkyl halides is 2. The molecule has 0 radical (unpaired) electrons. The number of hydrogen-bond acceptors (Lipinski definition) is 6. The zero-order valence-electron chi connectivity index (χ0n) is 13.7. The van der Waals surface area contributed by atoms with E-state index in [1.165, 1.54) is 0 Å². The number of piperidine rings is 1. The van der Waals surface area contributed by atoms with Crippen LogP contribution in [-0.2, 0) is 16.2 Å². The van der Waals surface area contributed by atoms with Gasteiger partial charge in [-0.25, -0.2) is 13.8 Å². The van der Waals surface area contributed by atoms with Gasteiger partial charge < -0.3 is 10.2 Å². The molecule has 6 nitrogen and oxygen atoms in total. The van der Waals surface area contributed by atoms with Crippen molar-refractivity contribution in [1.29, 1.82) is 0 Å². The Morgan fingerprint density at radius 3 is 3.04 bits per heavy atom. The summed E-state index contributed by atoms with van der Waals surface area (Å²) in [6.45, 7) is 2.42. The van der Waals surface area contributed by atoms with Gasteiger partial charge in [-0.2, -0.15) is 0 Å². The van der Waals surface area contributed by atoms with Crippen molar-refractivity contribution in [1.82, 2.24) is 15.2 Å². The summed E-state index contributed by atoms with van der Waals surface area (Å²) in [6, 6.07) is -0.463. The number of oxime groups is 1. The van der Waals surface area contributed by atoms with Gasteiger partial charge in [0.05, 0.1) is 6.54 Å². The average Bonchev–Trinajstić information content (AvgIpc) is 3.16. The molecule has 1 atom stereocenters. The first-order valence-corrected chi connectivity index (χ1v) is 9.36. The molecule has 1 aliphatic carbocycles. The maximum atomic E-state index is 12.9. The Balaban J connectivity index is 1.31. The Hall–Kier alpha value is -1.61. The van der Waals surface area contributed by atoms with Crippen molar-refractivity contribution in [3.8, 4) is 0 Å². The van der Waals surface area contributed by atoms with E-state index in [1.807, 2.05) is 5.38 Å². The molecule has 1 saturated heterocycles. The van der Waals surface area contributed by atoms with Crippen LogP contribution in [0.5, 0.6) is 0 Å². The molecule has 1 amide bonds. The molecule has 2 fully saturated rings. The first-order chi connectivity index (χ1) is 11.9. The summed E-state index contributed by atoms with van der Waals surface area (Å²) in [5.41, 5.74) is -0.169. The number of amides is 1. The first-order valence-electron chi connectivity index (χ1n) is 8.48. The number of carbonyl (C=O) groups excluding carboxylic acids is 1. The van der Waals surface area contributed by atoms with Crippen LogP contribution < -0.4 is 5.32 Å². The number of nitrogens with one attached hydrogen (secondary N) is 1. The number of rotatable bonds is 4. The highest BCUT2D eigenvalue weighted by atomic mass is 32.1. The number of nitrogens with zero attached hydrogens (tertiary/aromatic N) is 3. The second-order valence-electron chi connectivity index (χ2n) is 7.16. The van der Waals surface area contributed by atoms with Gasteiger partial charge in [-0.3, -0.25) is 9.69 Å². The Morgan fingerprint density at radius 2 is 2.32 bits per heavy atom. The maximum Gasteiger partial charge on any atom is 0.269 e. The highest BCUT2D eigenvalue weighted by Crippen LogP contribution is 2.38. The van der Waals surface area contributed by atoms with E-state index in [1.54, 1.807) is 17.5 Å². The Labute approximate surface area is 148 Å². The lowest BCUT2D eigenvalue weighted by atomic mass is 9.86. The molecule has 0 aromatic carbocycles. The minimum absolute atomic E-state index is 0.292. The van der Waals surface area contributed by atoms with Crippen LogP contribution in [0, 0.1) is 0 Å². The number of thiazole rings is 1. The second-order valence-corrected chi connectivity index (χ2v) is 8.14. The smallest absolute Gasteiger partial charge is 0.269 e. The van der Waals surface area contributed by atoms with Gasteiger partial charge in [-0.05, 0) is 19.4 Å². The molecule has 4 rings (SSSR count). The van der Waals surface area contributed by atoms with E-state index < -0.39 is 17.6 Å². The van der Waals surface area contributed by atoms with Gasteiger partial charge in [0.2, 0.25) is 0 Å². The van der Waals surface area contributed by atoms with Crippen molar-refractivity contribution in [3.63, 3.8) is 0 Å². The maximum absolute atomic E-state index is 12.9. The van der Waals surface area contributed by atoms with Gasteiger partial charge in [0.1, 0.15) is 10.7 Å². The van der Waals surface area contributed by atoms with Crippen LogP contribution in [0.15, 0.2) is 16.7 Å². The molecular weight excluding hydrogens is 350 g/mol. The Morgan fingerprint density at radius 1 is 1.48 bits per heavy atom. The molecule has 136 valence electrons. The van der Waals surface area contributed by atoms with Crippen LogP contribution in [0.1, 0.15) is 37.1 Å². The van der Waals surface area contributed by atoms with E-state index in [0.29, 0.717) is 18.7 Å². The minimum atomic E-state index is -2.65. The summed E-state index contributed by atoms with van der Waals surface area (Å²) < 4.78 is 25.8. The third-order valence-corrected chi connectivity index (χ3v) is 5.75. The molecule has 1 unspecified atom stereocenters.